The maximum atomic E-state index is 12.4. The SMILES string of the molecule is O=C(NCc1ccc(S(=O)(=O)CCO)cc1)c1cccc(-n2cccn2)c1. The van der Waals surface area contributed by atoms with E-state index in [1.165, 1.54) is 12.1 Å². The van der Waals surface area contributed by atoms with Crippen molar-refractivity contribution in [1.29, 1.82) is 0 Å². The van der Waals surface area contributed by atoms with Gasteiger partial charge in [-0.05, 0) is 42.0 Å². The molecule has 1 heterocycles. The van der Waals surface area contributed by atoms with E-state index in [2.05, 4.69) is 10.4 Å². The molecule has 0 fully saturated rings. The number of sulfone groups is 1. The Bertz CT molecular complexity index is 1010. The first kappa shape index (κ1) is 18.8. The normalized spacial score (nSPS) is 11.3. The molecular formula is C19H19N3O4S. The highest BCUT2D eigenvalue weighted by atomic mass is 32.2. The van der Waals surface area contributed by atoms with E-state index in [1.807, 2.05) is 6.07 Å². The highest BCUT2D eigenvalue weighted by Gasteiger charge is 2.13. The Labute approximate surface area is 157 Å². The maximum absolute atomic E-state index is 12.4. The monoisotopic (exact) mass is 385 g/mol. The van der Waals surface area contributed by atoms with Gasteiger partial charge < -0.3 is 10.4 Å². The summed E-state index contributed by atoms with van der Waals surface area (Å²) in [6.45, 7) is -0.150. The number of hydrogen-bond acceptors (Lipinski definition) is 5. The number of carbonyl (C=O) groups is 1. The Balaban J connectivity index is 1.65. The third-order valence-electron chi connectivity index (χ3n) is 3.97. The van der Waals surface area contributed by atoms with Gasteiger partial charge in [0.25, 0.3) is 5.91 Å². The van der Waals surface area contributed by atoms with Crippen molar-refractivity contribution in [3.63, 3.8) is 0 Å². The topological polar surface area (TPSA) is 101 Å². The van der Waals surface area contributed by atoms with E-state index in [1.54, 1.807) is 53.5 Å². The molecule has 0 spiro atoms. The number of aromatic nitrogens is 2. The summed E-state index contributed by atoms with van der Waals surface area (Å²) in [6.07, 6.45) is 3.46. The van der Waals surface area contributed by atoms with Crippen LogP contribution in [0.1, 0.15) is 15.9 Å². The van der Waals surface area contributed by atoms with Crippen molar-refractivity contribution in [2.24, 2.45) is 0 Å². The van der Waals surface area contributed by atoms with Gasteiger partial charge in [-0.3, -0.25) is 4.79 Å². The Morgan fingerprint density at radius 2 is 1.89 bits per heavy atom. The van der Waals surface area contributed by atoms with Gasteiger partial charge in [-0.1, -0.05) is 18.2 Å². The van der Waals surface area contributed by atoms with E-state index in [-0.39, 0.29) is 23.1 Å². The van der Waals surface area contributed by atoms with Crippen LogP contribution in [0.25, 0.3) is 5.69 Å². The quantitative estimate of drug-likeness (QED) is 0.643. The van der Waals surface area contributed by atoms with Crippen molar-refractivity contribution in [1.82, 2.24) is 15.1 Å². The number of aliphatic hydroxyl groups is 1. The fourth-order valence-corrected chi connectivity index (χ4v) is 3.58. The zero-order valence-corrected chi connectivity index (χ0v) is 15.3. The summed E-state index contributed by atoms with van der Waals surface area (Å²) in [5.74, 6) is -0.545. The molecule has 0 bridgehead atoms. The lowest BCUT2D eigenvalue weighted by molar-refractivity contribution is 0.0951. The maximum Gasteiger partial charge on any atom is 0.251 e. The molecule has 0 aliphatic heterocycles. The summed E-state index contributed by atoms with van der Waals surface area (Å²) in [5.41, 5.74) is 2.06. The minimum absolute atomic E-state index is 0.151. The van der Waals surface area contributed by atoms with Crippen LogP contribution in [0.5, 0.6) is 0 Å². The average molecular weight is 385 g/mol. The van der Waals surface area contributed by atoms with Crippen LogP contribution in [0.4, 0.5) is 0 Å². The van der Waals surface area contributed by atoms with Crippen molar-refractivity contribution in [3.05, 3.63) is 78.1 Å². The Morgan fingerprint density at radius 3 is 2.56 bits per heavy atom. The second-order valence-electron chi connectivity index (χ2n) is 5.87. The lowest BCUT2D eigenvalue weighted by Gasteiger charge is -2.08. The third kappa shape index (κ3) is 4.60. The van der Waals surface area contributed by atoms with Gasteiger partial charge in [0.15, 0.2) is 9.84 Å². The molecule has 1 amide bonds. The molecule has 140 valence electrons. The van der Waals surface area contributed by atoms with Crippen molar-refractivity contribution in [2.75, 3.05) is 12.4 Å². The number of amides is 1. The van der Waals surface area contributed by atoms with Crippen LogP contribution in [0, 0.1) is 0 Å². The lowest BCUT2D eigenvalue weighted by Crippen LogP contribution is -2.23. The first-order chi connectivity index (χ1) is 13.0. The first-order valence-electron chi connectivity index (χ1n) is 8.30. The zero-order chi connectivity index (χ0) is 19.3. The summed E-state index contributed by atoms with van der Waals surface area (Å²) in [4.78, 5) is 12.5. The van der Waals surface area contributed by atoms with E-state index in [0.717, 1.165) is 11.3 Å². The molecule has 0 atom stereocenters. The van der Waals surface area contributed by atoms with E-state index >= 15 is 0 Å². The van der Waals surface area contributed by atoms with Crippen LogP contribution >= 0.6 is 0 Å². The van der Waals surface area contributed by atoms with Crippen LogP contribution in [0.3, 0.4) is 0 Å². The van der Waals surface area contributed by atoms with Gasteiger partial charge in [-0.25, -0.2) is 13.1 Å². The number of rotatable bonds is 7. The Kier molecular flexibility index (Phi) is 5.68. The standard InChI is InChI=1S/C19H19N3O4S/c23-11-12-27(25,26)18-7-5-15(6-8-18)14-20-19(24)16-3-1-4-17(13-16)22-10-2-9-21-22/h1-10,13,23H,11-12,14H2,(H,20,24). The molecule has 27 heavy (non-hydrogen) atoms. The molecule has 7 nitrogen and oxygen atoms in total. The summed E-state index contributed by atoms with van der Waals surface area (Å²) in [7, 11) is -3.47. The number of aliphatic hydroxyl groups excluding tert-OH is 1. The highest BCUT2D eigenvalue weighted by molar-refractivity contribution is 7.91. The zero-order valence-electron chi connectivity index (χ0n) is 14.4. The molecule has 0 radical (unpaired) electrons. The molecule has 0 aliphatic rings. The molecule has 3 aromatic rings. The average Bonchev–Trinajstić information content (AvgIpc) is 3.21. The smallest absolute Gasteiger partial charge is 0.251 e. The predicted octanol–water partition coefficient (Wildman–Crippen LogP) is 1.57. The van der Waals surface area contributed by atoms with Gasteiger partial charge in [0.2, 0.25) is 0 Å². The molecule has 2 aromatic carbocycles. The van der Waals surface area contributed by atoms with Gasteiger partial charge >= 0.3 is 0 Å². The van der Waals surface area contributed by atoms with Crippen molar-refractivity contribution in [3.8, 4) is 5.69 Å². The summed E-state index contributed by atoms with van der Waals surface area (Å²) >= 11 is 0. The van der Waals surface area contributed by atoms with Crippen LogP contribution in [-0.2, 0) is 16.4 Å². The number of hydrogen-bond donors (Lipinski definition) is 2. The second-order valence-corrected chi connectivity index (χ2v) is 7.98. The van der Waals surface area contributed by atoms with Gasteiger partial charge in [0.05, 0.1) is 22.9 Å². The molecule has 0 saturated carbocycles. The lowest BCUT2D eigenvalue weighted by atomic mass is 10.1. The minimum Gasteiger partial charge on any atom is -0.395 e. The molecule has 8 heteroatoms. The number of nitrogens with zero attached hydrogens (tertiary/aromatic N) is 2. The van der Waals surface area contributed by atoms with Crippen LogP contribution < -0.4 is 5.32 Å². The minimum atomic E-state index is -3.47. The van der Waals surface area contributed by atoms with Crippen molar-refractivity contribution < 1.29 is 18.3 Å². The molecule has 0 aliphatic carbocycles. The van der Waals surface area contributed by atoms with Crippen molar-refractivity contribution >= 4 is 15.7 Å². The van der Waals surface area contributed by atoms with Crippen molar-refractivity contribution in [2.45, 2.75) is 11.4 Å². The Morgan fingerprint density at radius 1 is 1.11 bits per heavy atom. The number of nitrogens with one attached hydrogen (secondary N) is 1. The fourth-order valence-electron chi connectivity index (χ4n) is 2.55. The second kappa shape index (κ2) is 8.15. The van der Waals surface area contributed by atoms with Gasteiger partial charge in [0.1, 0.15) is 0 Å². The molecule has 3 rings (SSSR count). The Hall–Kier alpha value is -2.97. The first-order valence-corrected chi connectivity index (χ1v) is 9.96. The largest absolute Gasteiger partial charge is 0.395 e. The van der Waals surface area contributed by atoms with E-state index < -0.39 is 16.4 Å². The summed E-state index contributed by atoms with van der Waals surface area (Å²) in [5, 5.41) is 15.8. The fraction of sp³-hybridized carbons (Fsp3) is 0.158. The van der Waals surface area contributed by atoms with E-state index in [4.69, 9.17) is 5.11 Å². The van der Waals surface area contributed by atoms with Crippen LogP contribution in [0.15, 0.2) is 71.9 Å². The predicted molar refractivity (Wildman–Crippen MR) is 100 cm³/mol. The third-order valence-corrected chi connectivity index (χ3v) is 5.68. The van der Waals surface area contributed by atoms with Gasteiger partial charge in [0, 0.05) is 24.5 Å². The molecule has 0 saturated heterocycles. The van der Waals surface area contributed by atoms with Gasteiger partial charge in [-0.2, -0.15) is 5.10 Å². The summed E-state index contributed by atoms with van der Waals surface area (Å²) in [6, 6.07) is 15.1. The molecule has 2 N–H and O–H groups in total. The highest BCUT2D eigenvalue weighted by Crippen LogP contribution is 2.13. The molecular weight excluding hydrogens is 366 g/mol. The van der Waals surface area contributed by atoms with E-state index in [0.29, 0.717) is 5.56 Å². The van der Waals surface area contributed by atoms with Crippen LogP contribution in [0.2, 0.25) is 0 Å². The number of carbonyl (C=O) groups excluding carboxylic acids is 1. The molecule has 0 unspecified atom stereocenters. The molecule has 1 aromatic heterocycles. The summed E-state index contributed by atoms with van der Waals surface area (Å²) < 4.78 is 25.4. The number of benzene rings is 2. The van der Waals surface area contributed by atoms with Crippen LogP contribution in [-0.4, -0.2) is 41.6 Å². The van der Waals surface area contributed by atoms with E-state index in [9.17, 15) is 13.2 Å². The van der Waals surface area contributed by atoms with Gasteiger partial charge in [-0.15, -0.1) is 0 Å².